The van der Waals surface area contributed by atoms with Crippen molar-refractivity contribution in [1.29, 1.82) is 0 Å². The molecule has 2 aromatic heterocycles. The molecule has 2 aromatic carbocycles. The van der Waals surface area contributed by atoms with E-state index in [2.05, 4.69) is 4.98 Å². The Morgan fingerprint density at radius 2 is 1.78 bits per heavy atom. The molecule has 0 bridgehead atoms. The molecule has 9 nitrogen and oxygen atoms in total. The lowest BCUT2D eigenvalue weighted by Crippen LogP contribution is -2.41. The van der Waals surface area contributed by atoms with Gasteiger partial charge in [0.1, 0.15) is 6.10 Å². The number of ketones is 1. The first-order chi connectivity index (χ1) is 17.8. The van der Waals surface area contributed by atoms with Gasteiger partial charge in [0.05, 0.1) is 12.6 Å². The Morgan fingerprint density at radius 3 is 2.49 bits per heavy atom. The van der Waals surface area contributed by atoms with Gasteiger partial charge in [-0.15, -0.1) is 0 Å². The second-order valence-corrected chi connectivity index (χ2v) is 9.57. The van der Waals surface area contributed by atoms with E-state index in [1.807, 2.05) is 44.2 Å². The van der Waals surface area contributed by atoms with Crippen molar-refractivity contribution in [2.24, 2.45) is 12.8 Å². The maximum atomic E-state index is 13.7. The summed E-state index contributed by atoms with van der Waals surface area (Å²) < 4.78 is 10.2. The number of aryl methyl sites for hydroxylation is 1. The number of ether oxygens (including phenoxy) is 1. The van der Waals surface area contributed by atoms with Gasteiger partial charge in [0, 0.05) is 25.6 Å². The fraction of sp³-hybridized carbons (Fsp3) is 0.286. The summed E-state index contributed by atoms with van der Waals surface area (Å²) in [7, 11) is 1.53. The standard InChI is InChI=1S/C28H29N5O4/c1-17(2)13-14-32-24-25(30-27(32)37-22-15-19-11-7-8-12-20(19)23(22)29)31(3)28(36)33(26(24)35)16-21(34)18-9-5-4-6-10-18/h4-13,22-23H,14-16,29H2,1-3H3/t22-,23+/m0/s1. The first-order valence-electron chi connectivity index (χ1n) is 12.2. The maximum absolute atomic E-state index is 13.7. The summed E-state index contributed by atoms with van der Waals surface area (Å²) in [5.41, 5.74) is 9.27. The molecule has 5 rings (SSSR count). The number of rotatable bonds is 7. The number of carbonyl (C=O) groups is 1. The molecule has 190 valence electrons. The van der Waals surface area contributed by atoms with Crippen molar-refractivity contribution >= 4 is 16.9 Å². The van der Waals surface area contributed by atoms with Crippen LogP contribution in [0, 0.1) is 0 Å². The molecule has 2 heterocycles. The van der Waals surface area contributed by atoms with E-state index in [-0.39, 0.29) is 41.6 Å². The second-order valence-electron chi connectivity index (χ2n) is 9.57. The molecule has 0 saturated carbocycles. The van der Waals surface area contributed by atoms with Crippen LogP contribution in [0.4, 0.5) is 0 Å². The predicted octanol–water partition coefficient (Wildman–Crippen LogP) is 2.75. The fourth-order valence-corrected chi connectivity index (χ4v) is 4.72. The number of benzene rings is 2. The van der Waals surface area contributed by atoms with Crippen LogP contribution < -0.4 is 21.7 Å². The Bertz CT molecular complexity index is 1640. The van der Waals surface area contributed by atoms with Crippen molar-refractivity contribution in [1.82, 2.24) is 18.7 Å². The van der Waals surface area contributed by atoms with E-state index < -0.39 is 11.2 Å². The number of fused-ring (bicyclic) bond motifs is 2. The molecule has 1 aliphatic rings. The molecule has 0 aliphatic heterocycles. The van der Waals surface area contributed by atoms with Gasteiger partial charge < -0.3 is 10.5 Å². The van der Waals surface area contributed by atoms with E-state index in [0.29, 0.717) is 18.5 Å². The third-order valence-corrected chi connectivity index (χ3v) is 6.77. The average molecular weight is 500 g/mol. The van der Waals surface area contributed by atoms with Gasteiger partial charge in [-0.05, 0) is 25.0 Å². The van der Waals surface area contributed by atoms with Gasteiger partial charge in [0.2, 0.25) is 0 Å². The molecule has 0 saturated heterocycles. The molecule has 0 fully saturated rings. The zero-order valence-electron chi connectivity index (χ0n) is 21.0. The lowest BCUT2D eigenvalue weighted by Gasteiger charge is -2.18. The van der Waals surface area contributed by atoms with Crippen molar-refractivity contribution < 1.29 is 9.53 Å². The number of nitrogens with two attached hydrogens (primary N) is 1. The van der Waals surface area contributed by atoms with Gasteiger partial charge in [-0.25, -0.2) is 4.79 Å². The second kappa shape index (κ2) is 9.67. The fourth-order valence-electron chi connectivity index (χ4n) is 4.72. The molecule has 2 atom stereocenters. The molecular weight excluding hydrogens is 470 g/mol. The molecule has 0 amide bonds. The zero-order valence-corrected chi connectivity index (χ0v) is 21.0. The number of Topliss-reactive ketones (excluding diaryl/α,β-unsaturated/α-hetero) is 1. The minimum absolute atomic E-state index is 0.194. The van der Waals surface area contributed by atoms with Crippen molar-refractivity contribution in [3.05, 3.63) is 104 Å². The van der Waals surface area contributed by atoms with E-state index in [1.165, 1.54) is 11.6 Å². The van der Waals surface area contributed by atoms with Gasteiger partial charge in [0.25, 0.3) is 11.6 Å². The minimum atomic E-state index is -0.620. The summed E-state index contributed by atoms with van der Waals surface area (Å²) in [5.74, 6) is -0.333. The summed E-state index contributed by atoms with van der Waals surface area (Å²) in [6.45, 7) is 3.84. The molecule has 2 N–H and O–H groups in total. The smallest absolute Gasteiger partial charge is 0.332 e. The Morgan fingerprint density at radius 1 is 1.08 bits per heavy atom. The average Bonchev–Trinajstić information content (AvgIpc) is 3.42. The third-order valence-electron chi connectivity index (χ3n) is 6.77. The van der Waals surface area contributed by atoms with Gasteiger partial charge >= 0.3 is 5.69 Å². The molecule has 1 aliphatic carbocycles. The van der Waals surface area contributed by atoms with Gasteiger partial charge in [0.15, 0.2) is 16.9 Å². The van der Waals surface area contributed by atoms with Gasteiger partial charge in [-0.1, -0.05) is 66.2 Å². The summed E-state index contributed by atoms with van der Waals surface area (Å²) in [5, 5.41) is 0. The van der Waals surface area contributed by atoms with E-state index in [9.17, 15) is 14.4 Å². The number of allylic oxidation sites excluding steroid dienone is 2. The molecule has 0 unspecified atom stereocenters. The number of aromatic nitrogens is 4. The van der Waals surface area contributed by atoms with Crippen LogP contribution in [0.2, 0.25) is 0 Å². The van der Waals surface area contributed by atoms with Crippen molar-refractivity contribution in [2.75, 3.05) is 0 Å². The molecule has 4 aromatic rings. The van der Waals surface area contributed by atoms with Crippen LogP contribution in [0.5, 0.6) is 6.01 Å². The van der Waals surface area contributed by atoms with Crippen LogP contribution in [0.3, 0.4) is 0 Å². The van der Waals surface area contributed by atoms with Crippen molar-refractivity contribution in [2.45, 2.75) is 45.5 Å². The van der Waals surface area contributed by atoms with E-state index in [4.69, 9.17) is 10.5 Å². The van der Waals surface area contributed by atoms with E-state index >= 15 is 0 Å². The lowest BCUT2D eigenvalue weighted by molar-refractivity contribution is 0.0969. The Labute approximate surface area is 213 Å². The lowest BCUT2D eigenvalue weighted by atomic mass is 10.1. The molecule has 9 heteroatoms. The normalized spacial score (nSPS) is 16.5. The summed E-state index contributed by atoms with van der Waals surface area (Å²) in [6, 6.07) is 16.4. The molecule has 37 heavy (non-hydrogen) atoms. The van der Waals surface area contributed by atoms with Gasteiger partial charge in [-0.2, -0.15) is 4.98 Å². The van der Waals surface area contributed by atoms with Crippen LogP contribution >= 0.6 is 0 Å². The van der Waals surface area contributed by atoms with Crippen LogP contribution in [0.15, 0.2) is 75.8 Å². The van der Waals surface area contributed by atoms with Crippen LogP contribution in [-0.4, -0.2) is 30.6 Å². The highest BCUT2D eigenvalue weighted by Gasteiger charge is 2.33. The van der Waals surface area contributed by atoms with Crippen LogP contribution in [-0.2, 0) is 26.6 Å². The van der Waals surface area contributed by atoms with E-state index in [1.54, 1.807) is 34.9 Å². The number of hydrogen-bond donors (Lipinski definition) is 1. The first-order valence-corrected chi connectivity index (χ1v) is 12.2. The predicted molar refractivity (Wildman–Crippen MR) is 141 cm³/mol. The van der Waals surface area contributed by atoms with E-state index in [0.717, 1.165) is 21.3 Å². The van der Waals surface area contributed by atoms with Gasteiger partial charge in [-0.3, -0.25) is 23.3 Å². The number of nitrogens with zero attached hydrogens (tertiary/aromatic N) is 4. The van der Waals surface area contributed by atoms with Crippen LogP contribution in [0.25, 0.3) is 11.2 Å². The SMILES string of the molecule is CC(C)=CCn1c(O[C@H]2Cc3ccccc3[C@H]2N)nc2c1c(=O)n(CC(=O)c1ccccc1)c(=O)n2C. The zero-order chi connectivity index (χ0) is 26.3. The summed E-state index contributed by atoms with van der Waals surface area (Å²) >= 11 is 0. The number of carbonyl (C=O) groups excluding carboxylic acids is 1. The van der Waals surface area contributed by atoms with Crippen molar-refractivity contribution in [3.8, 4) is 6.01 Å². The first kappa shape index (κ1) is 24.5. The Balaban J connectivity index is 1.61. The summed E-state index contributed by atoms with van der Waals surface area (Å²) in [6.07, 6.45) is 2.18. The summed E-state index contributed by atoms with van der Waals surface area (Å²) in [4.78, 5) is 44.3. The Hall–Kier alpha value is -4.24. The van der Waals surface area contributed by atoms with Crippen LogP contribution in [0.1, 0.15) is 41.4 Å². The molecular formula is C28H29N5O4. The van der Waals surface area contributed by atoms with Crippen molar-refractivity contribution in [3.63, 3.8) is 0 Å². The highest BCUT2D eigenvalue weighted by molar-refractivity contribution is 5.95. The quantitative estimate of drug-likeness (QED) is 0.309. The highest BCUT2D eigenvalue weighted by Crippen LogP contribution is 2.32. The Kier molecular flexibility index (Phi) is 6.39. The number of imidazole rings is 1. The minimum Gasteiger partial charge on any atom is -0.459 e. The monoisotopic (exact) mass is 499 g/mol. The third kappa shape index (κ3) is 4.42. The largest absolute Gasteiger partial charge is 0.459 e. The topological polar surface area (TPSA) is 114 Å². The highest BCUT2D eigenvalue weighted by atomic mass is 16.5. The maximum Gasteiger partial charge on any atom is 0.332 e. The molecule has 0 spiro atoms. The molecule has 0 radical (unpaired) electrons. The number of hydrogen-bond acceptors (Lipinski definition) is 6.